The molecule has 0 aromatic heterocycles. The minimum absolute atomic E-state index is 0.165. The maximum Gasteiger partial charge on any atom is 0.312 e. The van der Waals surface area contributed by atoms with Crippen LogP contribution in [0, 0.1) is 17.3 Å². The van der Waals surface area contributed by atoms with E-state index in [1.54, 1.807) is 24.3 Å². The number of halogens is 2. The fraction of sp³-hybridized carbons (Fsp3) is 0.591. The number of nitrogens with one attached hydrogen (secondary N) is 1. The topological polar surface area (TPSA) is 75.7 Å². The van der Waals surface area contributed by atoms with Gasteiger partial charge in [0.05, 0.1) is 22.7 Å². The zero-order valence-electron chi connectivity index (χ0n) is 17.0. The van der Waals surface area contributed by atoms with Crippen LogP contribution in [-0.4, -0.2) is 47.8 Å². The molecule has 0 heterocycles. The zero-order chi connectivity index (χ0) is 21.5. The lowest BCUT2D eigenvalue weighted by Gasteiger charge is -2.58. The summed E-state index contributed by atoms with van der Waals surface area (Å²) in [6.45, 7) is -0.539. The molecule has 8 heteroatoms. The predicted octanol–water partition coefficient (Wildman–Crippen LogP) is 3.86. The molecule has 4 bridgehead atoms. The van der Waals surface area contributed by atoms with Crippen molar-refractivity contribution < 1.29 is 19.1 Å². The lowest BCUT2D eigenvalue weighted by molar-refractivity contribution is -0.173. The number of nitrogens with zero attached hydrogens (tertiary/aromatic N) is 1. The highest BCUT2D eigenvalue weighted by atomic mass is 35.5. The summed E-state index contributed by atoms with van der Waals surface area (Å²) >= 11 is 12.8. The Morgan fingerprint density at radius 1 is 1.17 bits per heavy atom. The maximum absolute atomic E-state index is 12.9. The van der Waals surface area contributed by atoms with Gasteiger partial charge in [-0.15, -0.1) is 11.6 Å². The number of carbonyl (C=O) groups is 3. The normalized spacial score (nSPS) is 31.3. The predicted molar refractivity (Wildman–Crippen MR) is 114 cm³/mol. The van der Waals surface area contributed by atoms with Gasteiger partial charge in [-0.1, -0.05) is 23.7 Å². The number of para-hydroxylation sites is 1. The standard InChI is InChI=1S/C22H26Cl2N2O4/c1-26(11-18(27)25-17-5-3-2-4-16(17)23)19(28)12-30-20(29)21-7-14-6-15(8-21)10-22(24,9-14)13-21/h2-5,14-15H,6-13H2,1H3,(H,25,27)/t14-,15-,21?,22?/m1/s1. The van der Waals surface area contributed by atoms with Gasteiger partial charge >= 0.3 is 5.97 Å². The number of benzene rings is 1. The Labute approximate surface area is 186 Å². The molecule has 4 aliphatic carbocycles. The van der Waals surface area contributed by atoms with Crippen LogP contribution < -0.4 is 5.32 Å². The Hall–Kier alpha value is -1.79. The summed E-state index contributed by atoms with van der Waals surface area (Å²) in [6.07, 6.45) is 5.34. The molecule has 0 unspecified atom stereocenters. The summed E-state index contributed by atoms with van der Waals surface area (Å²) in [4.78, 5) is 38.5. The van der Waals surface area contributed by atoms with Crippen LogP contribution in [-0.2, 0) is 19.1 Å². The first-order chi connectivity index (χ1) is 14.2. The number of likely N-dealkylation sites (N-methyl/N-ethyl adjacent to an activating group) is 1. The fourth-order valence-electron chi connectivity index (χ4n) is 5.84. The van der Waals surface area contributed by atoms with Crippen LogP contribution in [0.5, 0.6) is 0 Å². The molecule has 0 spiro atoms. The van der Waals surface area contributed by atoms with Gasteiger partial charge < -0.3 is 15.0 Å². The molecule has 1 aromatic carbocycles. The molecule has 2 atom stereocenters. The van der Waals surface area contributed by atoms with Gasteiger partial charge in [0.15, 0.2) is 6.61 Å². The first-order valence-corrected chi connectivity index (χ1v) is 11.1. The monoisotopic (exact) mass is 452 g/mol. The maximum atomic E-state index is 12.9. The lowest BCUT2D eigenvalue weighted by atomic mass is 9.49. The number of alkyl halides is 1. The Kier molecular flexibility index (Phi) is 5.75. The molecule has 6 nitrogen and oxygen atoms in total. The van der Waals surface area contributed by atoms with Crippen molar-refractivity contribution in [2.45, 2.75) is 43.4 Å². The van der Waals surface area contributed by atoms with Gasteiger partial charge in [0.25, 0.3) is 5.91 Å². The number of amides is 2. The van der Waals surface area contributed by atoms with E-state index >= 15 is 0 Å². The number of ether oxygens (including phenoxy) is 1. The quantitative estimate of drug-likeness (QED) is 0.525. The molecule has 4 saturated carbocycles. The Morgan fingerprint density at radius 2 is 1.83 bits per heavy atom. The highest BCUT2D eigenvalue weighted by Gasteiger charge is 2.60. The Morgan fingerprint density at radius 3 is 2.47 bits per heavy atom. The summed E-state index contributed by atoms with van der Waals surface area (Å²) in [5.74, 6) is -0.173. The largest absolute Gasteiger partial charge is 0.455 e. The fourth-order valence-corrected chi connectivity index (χ4v) is 6.71. The van der Waals surface area contributed by atoms with Gasteiger partial charge in [0, 0.05) is 11.9 Å². The van der Waals surface area contributed by atoms with Crippen molar-refractivity contribution in [3.63, 3.8) is 0 Å². The molecule has 162 valence electrons. The SMILES string of the molecule is CN(CC(=O)Nc1ccccc1Cl)C(=O)COC(=O)C12C[C@H]3C[C@@H](CC(Cl)(C3)C1)C2. The van der Waals surface area contributed by atoms with Crippen LogP contribution in [0.15, 0.2) is 24.3 Å². The average molecular weight is 453 g/mol. The van der Waals surface area contributed by atoms with E-state index in [2.05, 4.69) is 5.32 Å². The van der Waals surface area contributed by atoms with Crippen molar-refractivity contribution in [3.05, 3.63) is 29.3 Å². The number of esters is 1. The summed E-state index contributed by atoms with van der Waals surface area (Å²) in [5, 5.41) is 3.08. The Balaban J connectivity index is 1.28. The third-order valence-electron chi connectivity index (χ3n) is 6.70. The summed E-state index contributed by atoms with van der Waals surface area (Å²) in [6, 6.07) is 6.86. The lowest BCUT2D eigenvalue weighted by Crippen LogP contribution is -2.56. The molecule has 1 N–H and O–H groups in total. The highest BCUT2D eigenvalue weighted by molar-refractivity contribution is 6.33. The third kappa shape index (κ3) is 4.30. The van der Waals surface area contributed by atoms with Crippen LogP contribution in [0.4, 0.5) is 5.69 Å². The number of rotatable bonds is 6. The Bertz CT molecular complexity index is 860. The number of hydrogen-bond donors (Lipinski definition) is 1. The molecule has 5 rings (SSSR count). The summed E-state index contributed by atoms with van der Waals surface area (Å²) < 4.78 is 5.43. The van der Waals surface area contributed by atoms with Gasteiger partial charge in [0.2, 0.25) is 5.91 Å². The van der Waals surface area contributed by atoms with Gasteiger partial charge in [-0.2, -0.15) is 0 Å². The summed E-state index contributed by atoms with van der Waals surface area (Å²) in [7, 11) is 1.50. The number of hydrogen-bond acceptors (Lipinski definition) is 4. The van der Waals surface area contributed by atoms with Crippen molar-refractivity contribution in [1.82, 2.24) is 4.90 Å². The second-order valence-electron chi connectivity index (χ2n) is 9.25. The van der Waals surface area contributed by atoms with Crippen molar-refractivity contribution in [3.8, 4) is 0 Å². The van der Waals surface area contributed by atoms with E-state index in [-0.39, 0.29) is 29.9 Å². The van der Waals surface area contributed by atoms with E-state index in [1.165, 1.54) is 11.9 Å². The van der Waals surface area contributed by atoms with Crippen molar-refractivity contribution in [1.29, 1.82) is 0 Å². The second kappa shape index (κ2) is 8.04. The van der Waals surface area contributed by atoms with E-state index < -0.39 is 11.3 Å². The molecular formula is C22H26Cl2N2O4. The van der Waals surface area contributed by atoms with Crippen LogP contribution >= 0.6 is 23.2 Å². The highest BCUT2D eigenvalue weighted by Crippen LogP contribution is 2.64. The molecular weight excluding hydrogens is 427 g/mol. The van der Waals surface area contributed by atoms with E-state index in [0.717, 1.165) is 32.1 Å². The van der Waals surface area contributed by atoms with E-state index in [4.69, 9.17) is 27.9 Å². The van der Waals surface area contributed by atoms with Gasteiger partial charge in [-0.05, 0) is 62.5 Å². The molecule has 30 heavy (non-hydrogen) atoms. The first-order valence-electron chi connectivity index (χ1n) is 10.3. The van der Waals surface area contributed by atoms with Gasteiger partial charge in [-0.25, -0.2) is 0 Å². The molecule has 4 fully saturated rings. The minimum atomic E-state index is -0.549. The molecule has 1 aromatic rings. The van der Waals surface area contributed by atoms with E-state index in [1.807, 2.05) is 0 Å². The average Bonchev–Trinajstić information content (AvgIpc) is 2.65. The summed E-state index contributed by atoms with van der Waals surface area (Å²) in [5.41, 5.74) is -0.0696. The van der Waals surface area contributed by atoms with Crippen molar-refractivity contribution in [2.24, 2.45) is 17.3 Å². The van der Waals surface area contributed by atoms with E-state index in [9.17, 15) is 14.4 Å². The zero-order valence-corrected chi connectivity index (χ0v) is 18.5. The number of carbonyl (C=O) groups excluding carboxylic acids is 3. The number of anilines is 1. The molecule has 0 radical (unpaired) electrons. The van der Waals surface area contributed by atoms with Crippen LogP contribution in [0.1, 0.15) is 38.5 Å². The van der Waals surface area contributed by atoms with Crippen molar-refractivity contribution >= 4 is 46.7 Å². The smallest absolute Gasteiger partial charge is 0.312 e. The third-order valence-corrected chi connectivity index (χ3v) is 7.48. The van der Waals surface area contributed by atoms with Crippen molar-refractivity contribution in [2.75, 3.05) is 25.5 Å². The van der Waals surface area contributed by atoms with E-state index in [0.29, 0.717) is 29.0 Å². The minimum Gasteiger partial charge on any atom is -0.455 e. The molecule has 0 saturated heterocycles. The van der Waals surface area contributed by atoms with Gasteiger partial charge in [0.1, 0.15) is 0 Å². The molecule has 4 aliphatic rings. The van der Waals surface area contributed by atoms with Crippen LogP contribution in [0.2, 0.25) is 5.02 Å². The first kappa shape index (κ1) is 21.4. The van der Waals surface area contributed by atoms with Crippen LogP contribution in [0.25, 0.3) is 0 Å². The van der Waals surface area contributed by atoms with Gasteiger partial charge in [-0.3, -0.25) is 14.4 Å². The molecule has 2 amide bonds. The molecule has 0 aliphatic heterocycles. The van der Waals surface area contributed by atoms with Crippen LogP contribution in [0.3, 0.4) is 0 Å². The second-order valence-corrected chi connectivity index (χ2v) is 10.5.